The molecule has 0 amide bonds. The standard InChI is InChI=1S/C23H23F2IN4O4/c1-31-19-10-20(32-2)22(26)16(21(19)25)13-34-15-11-27-23(28-12-15)29-14-3-4-18(17(24)9-14)30-5-7-33-8-6-30/h3-4,9-12H,5-8,13H2,1-2H3,(H,27,28,29). The van der Waals surface area contributed by atoms with Crippen LogP contribution in [0.5, 0.6) is 17.2 Å². The summed E-state index contributed by atoms with van der Waals surface area (Å²) in [4.78, 5) is 10.3. The fourth-order valence-corrected chi connectivity index (χ4v) is 4.22. The lowest BCUT2D eigenvalue weighted by molar-refractivity contribution is 0.122. The van der Waals surface area contributed by atoms with Gasteiger partial charge in [0.15, 0.2) is 17.3 Å². The summed E-state index contributed by atoms with van der Waals surface area (Å²) in [6.45, 7) is 2.40. The van der Waals surface area contributed by atoms with Crippen LogP contribution in [0, 0.1) is 15.2 Å². The topological polar surface area (TPSA) is 78.0 Å². The predicted octanol–water partition coefficient (Wildman–Crippen LogP) is 4.54. The van der Waals surface area contributed by atoms with Gasteiger partial charge in [0.2, 0.25) is 5.95 Å². The van der Waals surface area contributed by atoms with E-state index in [1.54, 1.807) is 12.1 Å². The molecule has 0 atom stereocenters. The molecule has 0 saturated carbocycles. The van der Waals surface area contributed by atoms with Crippen LogP contribution in [-0.2, 0) is 11.3 Å². The third kappa shape index (κ3) is 5.41. The third-order valence-corrected chi connectivity index (χ3v) is 6.41. The van der Waals surface area contributed by atoms with Crippen molar-refractivity contribution in [1.29, 1.82) is 0 Å². The van der Waals surface area contributed by atoms with E-state index in [0.717, 1.165) is 0 Å². The third-order valence-electron chi connectivity index (χ3n) is 5.23. The molecule has 4 rings (SSSR count). The van der Waals surface area contributed by atoms with Crippen LogP contribution in [0.2, 0.25) is 0 Å². The van der Waals surface area contributed by atoms with Crippen LogP contribution in [0.15, 0.2) is 36.7 Å². The highest BCUT2D eigenvalue weighted by atomic mass is 127. The Labute approximate surface area is 209 Å². The lowest BCUT2D eigenvalue weighted by Gasteiger charge is -2.29. The molecule has 1 saturated heterocycles. The van der Waals surface area contributed by atoms with E-state index in [-0.39, 0.29) is 24.1 Å². The van der Waals surface area contributed by atoms with Crippen molar-refractivity contribution in [2.75, 3.05) is 50.7 Å². The molecule has 1 aromatic heterocycles. The van der Waals surface area contributed by atoms with Crippen molar-refractivity contribution in [3.05, 3.63) is 57.4 Å². The van der Waals surface area contributed by atoms with Gasteiger partial charge in [-0.25, -0.2) is 18.7 Å². The molecule has 1 N–H and O–H groups in total. The normalized spacial score (nSPS) is 13.5. The molecule has 8 nitrogen and oxygen atoms in total. The molecule has 0 bridgehead atoms. The highest BCUT2D eigenvalue weighted by Crippen LogP contribution is 2.34. The van der Waals surface area contributed by atoms with E-state index in [9.17, 15) is 8.78 Å². The maximum atomic E-state index is 14.7. The number of ether oxygens (including phenoxy) is 4. The van der Waals surface area contributed by atoms with Crippen molar-refractivity contribution in [2.45, 2.75) is 6.61 Å². The Morgan fingerprint density at radius 2 is 1.76 bits per heavy atom. The number of methoxy groups -OCH3 is 2. The van der Waals surface area contributed by atoms with Crippen molar-refractivity contribution < 1.29 is 27.7 Å². The number of benzene rings is 2. The first kappa shape index (κ1) is 24.2. The largest absolute Gasteiger partial charge is 0.495 e. The quantitative estimate of drug-likeness (QED) is 0.387. The van der Waals surface area contributed by atoms with Gasteiger partial charge in [-0.3, -0.25) is 0 Å². The summed E-state index contributed by atoms with van der Waals surface area (Å²) >= 11 is 2.00. The summed E-state index contributed by atoms with van der Waals surface area (Å²) in [5, 5.41) is 2.97. The van der Waals surface area contributed by atoms with Crippen LogP contribution >= 0.6 is 22.6 Å². The van der Waals surface area contributed by atoms with Gasteiger partial charge in [0.25, 0.3) is 0 Å². The minimum Gasteiger partial charge on any atom is -0.495 e. The van der Waals surface area contributed by atoms with Gasteiger partial charge in [-0.05, 0) is 40.8 Å². The molecular weight excluding hydrogens is 561 g/mol. The van der Waals surface area contributed by atoms with Gasteiger partial charge in [0, 0.05) is 30.4 Å². The molecule has 1 fully saturated rings. The number of aromatic nitrogens is 2. The van der Waals surface area contributed by atoms with Crippen LogP contribution in [0.1, 0.15) is 5.56 Å². The minimum atomic E-state index is -0.519. The van der Waals surface area contributed by atoms with Gasteiger partial charge in [-0.1, -0.05) is 0 Å². The summed E-state index contributed by atoms with van der Waals surface area (Å²) in [5.41, 5.74) is 1.35. The van der Waals surface area contributed by atoms with Crippen molar-refractivity contribution in [3.8, 4) is 17.2 Å². The van der Waals surface area contributed by atoms with Crippen LogP contribution in [-0.4, -0.2) is 50.5 Å². The first-order valence-corrected chi connectivity index (χ1v) is 11.5. The lowest BCUT2D eigenvalue weighted by atomic mass is 10.2. The van der Waals surface area contributed by atoms with E-state index in [4.69, 9.17) is 18.9 Å². The summed E-state index contributed by atoms with van der Waals surface area (Å²) in [6, 6.07) is 6.38. The number of hydrogen-bond acceptors (Lipinski definition) is 8. The smallest absolute Gasteiger partial charge is 0.227 e. The van der Waals surface area contributed by atoms with E-state index in [1.807, 2.05) is 27.5 Å². The van der Waals surface area contributed by atoms with Crippen LogP contribution in [0.25, 0.3) is 0 Å². The molecule has 2 aromatic carbocycles. The first-order valence-electron chi connectivity index (χ1n) is 10.4. The van der Waals surface area contributed by atoms with E-state index < -0.39 is 5.82 Å². The zero-order valence-corrected chi connectivity index (χ0v) is 20.8. The average Bonchev–Trinajstić information content (AvgIpc) is 2.86. The number of rotatable bonds is 8. The second kappa shape index (κ2) is 11.0. The van der Waals surface area contributed by atoms with Gasteiger partial charge >= 0.3 is 0 Å². The Balaban J connectivity index is 1.41. The molecule has 1 aliphatic rings. The van der Waals surface area contributed by atoms with Crippen molar-refractivity contribution in [1.82, 2.24) is 9.97 Å². The van der Waals surface area contributed by atoms with Crippen LogP contribution in [0.4, 0.5) is 26.1 Å². The SMILES string of the molecule is COc1cc(OC)c(I)c(COc2cnc(Nc3ccc(N4CCOCC4)c(F)c3)nc2)c1F. The summed E-state index contributed by atoms with van der Waals surface area (Å²) < 4.78 is 51.2. The minimum absolute atomic E-state index is 0.0674. The predicted molar refractivity (Wildman–Crippen MR) is 131 cm³/mol. The zero-order valence-electron chi connectivity index (χ0n) is 18.6. The van der Waals surface area contributed by atoms with E-state index in [1.165, 1.54) is 38.7 Å². The molecular formula is C23H23F2IN4O4. The Hall–Kier alpha value is -2.93. The Morgan fingerprint density at radius 1 is 1.06 bits per heavy atom. The van der Waals surface area contributed by atoms with Crippen LogP contribution < -0.4 is 24.4 Å². The van der Waals surface area contributed by atoms with Gasteiger partial charge in [0.05, 0.1) is 49.1 Å². The van der Waals surface area contributed by atoms with E-state index in [0.29, 0.717) is 58.3 Å². The molecule has 2 heterocycles. The second-order valence-corrected chi connectivity index (χ2v) is 8.39. The molecule has 0 unspecified atom stereocenters. The molecule has 180 valence electrons. The van der Waals surface area contributed by atoms with Gasteiger partial charge in [-0.15, -0.1) is 0 Å². The van der Waals surface area contributed by atoms with Gasteiger partial charge < -0.3 is 29.2 Å². The fourth-order valence-electron chi connectivity index (χ4n) is 3.45. The average molecular weight is 584 g/mol. The second-order valence-electron chi connectivity index (χ2n) is 7.31. The number of nitrogens with one attached hydrogen (secondary N) is 1. The highest BCUT2D eigenvalue weighted by Gasteiger charge is 2.19. The Morgan fingerprint density at radius 3 is 2.41 bits per heavy atom. The maximum Gasteiger partial charge on any atom is 0.227 e. The summed E-state index contributed by atoms with van der Waals surface area (Å²) in [6.07, 6.45) is 2.91. The summed E-state index contributed by atoms with van der Waals surface area (Å²) in [5.74, 6) is 0.316. The Kier molecular flexibility index (Phi) is 7.83. The number of halogens is 3. The highest BCUT2D eigenvalue weighted by molar-refractivity contribution is 14.1. The van der Waals surface area contributed by atoms with E-state index >= 15 is 0 Å². The van der Waals surface area contributed by atoms with Crippen molar-refractivity contribution in [3.63, 3.8) is 0 Å². The van der Waals surface area contributed by atoms with Crippen molar-refractivity contribution >= 4 is 39.9 Å². The molecule has 1 aliphatic heterocycles. The monoisotopic (exact) mass is 584 g/mol. The molecule has 34 heavy (non-hydrogen) atoms. The number of nitrogens with zero attached hydrogens (tertiary/aromatic N) is 3. The van der Waals surface area contributed by atoms with E-state index in [2.05, 4.69) is 15.3 Å². The number of hydrogen-bond donors (Lipinski definition) is 1. The number of anilines is 3. The van der Waals surface area contributed by atoms with Crippen LogP contribution in [0.3, 0.4) is 0 Å². The number of morpholine rings is 1. The first-order chi connectivity index (χ1) is 16.5. The zero-order chi connectivity index (χ0) is 24.1. The van der Waals surface area contributed by atoms with Gasteiger partial charge in [0.1, 0.15) is 18.2 Å². The molecule has 0 radical (unpaired) electrons. The maximum absolute atomic E-state index is 14.7. The van der Waals surface area contributed by atoms with Gasteiger partial charge in [-0.2, -0.15) is 0 Å². The molecule has 11 heteroatoms. The fraction of sp³-hybridized carbons (Fsp3) is 0.304. The lowest BCUT2D eigenvalue weighted by Crippen LogP contribution is -2.36. The van der Waals surface area contributed by atoms with Crippen molar-refractivity contribution in [2.24, 2.45) is 0 Å². The molecule has 0 spiro atoms. The molecule has 3 aromatic rings. The Bertz CT molecular complexity index is 1120. The summed E-state index contributed by atoms with van der Waals surface area (Å²) in [7, 11) is 2.89. The molecule has 0 aliphatic carbocycles.